The lowest BCUT2D eigenvalue weighted by Crippen LogP contribution is -2.50. The summed E-state index contributed by atoms with van der Waals surface area (Å²) in [6, 6.07) is 1.45. The monoisotopic (exact) mass is 324 g/mol. The third kappa shape index (κ3) is 4.38. The maximum atomic E-state index is 6.82. The Morgan fingerprint density at radius 1 is 0.773 bits per heavy atom. The summed E-state index contributed by atoms with van der Waals surface area (Å²) >= 11 is 0. The lowest BCUT2D eigenvalue weighted by Gasteiger charge is -2.48. The fourth-order valence-electron chi connectivity index (χ4n) is 5.27. The molecule has 130 valence electrons. The normalized spacial score (nSPS) is 36.0. The highest BCUT2D eigenvalue weighted by Gasteiger charge is 2.49. The van der Waals surface area contributed by atoms with Crippen LogP contribution in [0.5, 0.6) is 0 Å². The summed E-state index contributed by atoms with van der Waals surface area (Å²) in [6.07, 6.45) is 14.5. The summed E-state index contributed by atoms with van der Waals surface area (Å²) in [5.41, 5.74) is 1.93. The molecule has 0 unspecified atom stereocenters. The summed E-state index contributed by atoms with van der Waals surface area (Å²) in [5, 5.41) is 0. The van der Waals surface area contributed by atoms with Gasteiger partial charge in [-0.25, -0.2) is 0 Å². The Balaban J connectivity index is 2.16. The summed E-state index contributed by atoms with van der Waals surface area (Å²) in [5.74, 6) is 1.92. The highest BCUT2D eigenvalue weighted by molar-refractivity contribution is 6.76. The first-order chi connectivity index (χ1) is 10.6. The summed E-state index contributed by atoms with van der Waals surface area (Å²) in [7, 11) is -1.57. The Kier molecular flexibility index (Phi) is 7.46. The summed E-state index contributed by atoms with van der Waals surface area (Å²) in [4.78, 5) is 0. The first-order valence-corrected chi connectivity index (χ1v) is 12.5. The van der Waals surface area contributed by atoms with E-state index in [1.165, 1.54) is 70.3 Å². The van der Waals surface area contributed by atoms with Crippen LogP contribution in [0.1, 0.15) is 91.9 Å². The van der Waals surface area contributed by atoms with Gasteiger partial charge in [0.05, 0.1) is 0 Å². The Bertz CT molecular complexity index is 279. The van der Waals surface area contributed by atoms with Crippen LogP contribution in [0.2, 0.25) is 17.1 Å². The van der Waals surface area contributed by atoms with E-state index >= 15 is 0 Å². The second kappa shape index (κ2) is 8.87. The van der Waals surface area contributed by atoms with Gasteiger partial charge in [0.1, 0.15) is 0 Å². The molecule has 0 aromatic heterocycles. The number of hydrogen-bond acceptors (Lipinski definition) is 1. The zero-order valence-electron chi connectivity index (χ0n) is 15.7. The van der Waals surface area contributed by atoms with Crippen LogP contribution in [-0.4, -0.2) is 14.9 Å². The van der Waals surface area contributed by atoms with E-state index in [9.17, 15) is 0 Å². The van der Waals surface area contributed by atoms with Crippen LogP contribution in [0.3, 0.4) is 0 Å². The second-order valence-corrected chi connectivity index (χ2v) is 12.7. The predicted octanol–water partition coefficient (Wildman–Crippen LogP) is 6.93. The van der Waals surface area contributed by atoms with Crippen LogP contribution in [-0.2, 0) is 4.43 Å². The predicted molar refractivity (Wildman–Crippen MR) is 99.9 cm³/mol. The van der Waals surface area contributed by atoms with Gasteiger partial charge in [-0.05, 0) is 35.9 Å². The Morgan fingerprint density at radius 2 is 1.23 bits per heavy atom. The van der Waals surface area contributed by atoms with Crippen molar-refractivity contribution < 1.29 is 4.43 Å². The molecule has 2 fully saturated rings. The van der Waals surface area contributed by atoms with Gasteiger partial charge in [-0.3, -0.25) is 0 Å². The third-order valence-electron chi connectivity index (χ3n) is 6.75. The molecule has 0 N–H and O–H groups in total. The zero-order valence-corrected chi connectivity index (χ0v) is 16.7. The van der Waals surface area contributed by atoms with Crippen molar-refractivity contribution in [1.82, 2.24) is 0 Å². The van der Waals surface area contributed by atoms with Gasteiger partial charge in [-0.1, -0.05) is 85.0 Å². The molecule has 22 heavy (non-hydrogen) atoms. The van der Waals surface area contributed by atoms with E-state index in [-0.39, 0.29) is 0 Å². The molecule has 0 heterocycles. The van der Waals surface area contributed by atoms with E-state index in [1.54, 1.807) is 0 Å². The van der Waals surface area contributed by atoms with Crippen molar-refractivity contribution >= 4 is 8.32 Å². The molecule has 1 nitrogen and oxygen atoms in total. The number of hydrogen-bond donors (Lipinski definition) is 0. The average molecular weight is 325 g/mol. The standard InChI is InChI=1S/C20H40OSi/c1-5-7-16-22(21-6-2,19-12-8-17(3)9-13-19)20-14-10-18(4)11-15-20/h17-20H,5-16H2,1-4H3. The molecule has 0 saturated heterocycles. The first kappa shape index (κ1) is 18.5. The third-order valence-corrected chi connectivity index (χ3v) is 12.6. The molecule has 0 atom stereocenters. The first-order valence-electron chi connectivity index (χ1n) is 10.3. The molecule has 0 bridgehead atoms. The maximum Gasteiger partial charge on any atom is 0.198 e. The molecule has 0 aromatic carbocycles. The minimum absolute atomic E-state index is 0.960. The lowest BCUT2D eigenvalue weighted by molar-refractivity contribution is 0.252. The van der Waals surface area contributed by atoms with Gasteiger partial charge in [0.25, 0.3) is 0 Å². The van der Waals surface area contributed by atoms with Crippen molar-refractivity contribution in [3.63, 3.8) is 0 Å². The fraction of sp³-hybridized carbons (Fsp3) is 1.00. The van der Waals surface area contributed by atoms with E-state index in [0.717, 1.165) is 29.5 Å². The largest absolute Gasteiger partial charge is 0.417 e. The average Bonchev–Trinajstić information content (AvgIpc) is 2.53. The lowest BCUT2D eigenvalue weighted by atomic mass is 9.90. The van der Waals surface area contributed by atoms with Crippen molar-refractivity contribution in [2.45, 2.75) is 109 Å². The van der Waals surface area contributed by atoms with Gasteiger partial charge < -0.3 is 4.43 Å². The van der Waals surface area contributed by atoms with Gasteiger partial charge in [0.15, 0.2) is 8.32 Å². The molecule has 2 aliphatic carbocycles. The Hall–Kier alpha value is 0.177. The summed E-state index contributed by atoms with van der Waals surface area (Å²) < 4.78 is 6.82. The second-order valence-electron chi connectivity index (χ2n) is 8.41. The highest BCUT2D eigenvalue weighted by Crippen LogP contribution is 2.52. The molecule has 0 radical (unpaired) electrons. The van der Waals surface area contributed by atoms with Crippen LogP contribution >= 0.6 is 0 Å². The molecule has 2 saturated carbocycles. The van der Waals surface area contributed by atoms with E-state index in [4.69, 9.17) is 4.43 Å². The van der Waals surface area contributed by atoms with Crippen molar-refractivity contribution in [1.29, 1.82) is 0 Å². The number of unbranched alkanes of at least 4 members (excludes halogenated alkanes) is 1. The fourth-order valence-corrected chi connectivity index (χ4v) is 11.4. The quantitative estimate of drug-likeness (QED) is 0.461. The van der Waals surface area contributed by atoms with Gasteiger partial charge >= 0.3 is 0 Å². The van der Waals surface area contributed by atoms with Crippen molar-refractivity contribution in [2.24, 2.45) is 11.8 Å². The Morgan fingerprint density at radius 3 is 1.59 bits per heavy atom. The molecular weight excluding hydrogens is 284 g/mol. The number of rotatable bonds is 7. The van der Waals surface area contributed by atoms with Crippen LogP contribution in [0.4, 0.5) is 0 Å². The zero-order chi connectivity index (χ0) is 16.0. The molecule has 0 aromatic rings. The van der Waals surface area contributed by atoms with Crippen LogP contribution in [0.25, 0.3) is 0 Å². The smallest absolute Gasteiger partial charge is 0.198 e. The minimum Gasteiger partial charge on any atom is -0.417 e. The topological polar surface area (TPSA) is 9.23 Å². The maximum absolute atomic E-state index is 6.82. The van der Waals surface area contributed by atoms with Crippen molar-refractivity contribution in [3.05, 3.63) is 0 Å². The Labute approximate surface area is 140 Å². The molecule has 0 spiro atoms. The van der Waals surface area contributed by atoms with E-state index < -0.39 is 8.32 Å². The molecule has 0 amide bonds. The van der Waals surface area contributed by atoms with Crippen LogP contribution in [0, 0.1) is 11.8 Å². The van der Waals surface area contributed by atoms with Gasteiger partial charge in [0.2, 0.25) is 0 Å². The SMILES string of the molecule is CCCC[Si](OCC)(C1CCC(C)CC1)C1CCC(C)CC1. The van der Waals surface area contributed by atoms with Crippen molar-refractivity contribution in [2.75, 3.05) is 6.61 Å². The van der Waals surface area contributed by atoms with Gasteiger partial charge in [0, 0.05) is 6.61 Å². The summed E-state index contributed by atoms with van der Waals surface area (Å²) in [6.45, 7) is 10.5. The van der Waals surface area contributed by atoms with Crippen molar-refractivity contribution in [3.8, 4) is 0 Å². The van der Waals surface area contributed by atoms with E-state index in [1.807, 2.05) is 0 Å². The minimum atomic E-state index is -1.57. The molecule has 0 aliphatic heterocycles. The molecular formula is C20H40OSi. The van der Waals surface area contributed by atoms with Crippen LogP contribution < -0.4 is 0 Å². The molecule has 2 aliphatic rings. The van der Waals surface area contributed by atoms with Gasteiger partial charge in [-0.15, -0.1) is 0 Å². The molecule has 2 heteroatoms. The van der Waals surface area contributed by atoms with E-state index in [2.05, 4.69) is 27.7 Å². The highest BCUT2D eigenvalue weighted by atomic mass is 28.4. The van der Waals surface area contributed by atoms with Crippen LogP contribution in [0.15, 0.2) is 0 Å². The van der Waals surface area contributed by atoms with Gasteiger partial charge in [-0.2, -0.15) is 0 Å². The molecule has 2 rings (SSSR count). The van der Waals surface area contributed by atoms with E-state index in [0.29, 0.717) is 0 Å².